The number of hydrogen-bond acceptors (Lipinski definition) is 7. The van der Waals surface area contributed by atoms with Crippen LogP contribution in [0.1, 0.15) is 23.1 Å². The zero-order valence-corrected chi connectivity index (χ0v) is 15.1. The maximum atomic E-state index is 12.2. The van der Waals surface area contributed by atoms with Gasteiger partial charge in [-0.2, -0.15) is 0 Å². The van der Waals surface area contributed by atoms with Gasteiger partial charge in [0.1, 0.15) is 5.76 Å². The van der Waals surface area contributed by atoms with Crippen molar-refractivity contribution < 1.29 is 13.6 Å². The molecule has 3 heterocycles. The first kappa shape index (κ1) is 16.5. The van der Waals surface area contributed by atoms with Crippen LogP contribution in [0.15, 0.2) is 39.4 Å². The number of aromatic nitrogens is 3. The average molecular weight is 368 g/mol. The molecule has 4 aromatic rings. The highest BCUT2D eigenvalue weighted by Crippen LogP contribution is 2.25. The summed E-state index contributed by atoms with van der Waals surface area (Å²) in [5, 5.41) is 11.9. The number of carbonyl (C=O) groups excluding carboxylic acids is 1. The first-order valence-corrected chi connectivity index (χ1v) is 8.94. The van der Waals surface area contributed by atoms with E-state index in [0.29, 0.717) is 24.0 Å². The van der Waals surface area contributed by atoms with Crippen LogP contribution in [0.3, 0.4) is 0 Å². The summed E-state index contributed by atoms with van der Waals surface area (Å²) in [5.41, 5.74) is 2.46. The predicted molar refractivity (Wildman–Crippen MR) is 98.0 cm³/mol. The number of nitrogens with zero attached hydrogens (tertiary/aromatic N) is 3. The van der Waals surface area contributed by atoms with Gasteiger partial charge < -0.3 is 14.2 Å². The minimum atomic E-state index is -0.107. The van der Waals surface area contributed by atoms with Crippen molar-refractivity contribution in [3.05, 3.63) is 47.2 Å². The van der Waals surface area contributed by atoms with Crippen molar-refractivity contribution in [3.8, 4) is 11.5 Å². The van der Waals surface area contributed by atoms with Crippen molar-refractivity contribution >= 4 is 33.1 Å². The molecule has 8 heteroatoms. The second-order valence-electron chi connectivity index (χ2n) is 5.85. The molecule has 0 radical (unpaired) electrons. The Balaban J connectivity index is 1.37. The molecular formula is C18H16N4O3S. The molecule has 132 valence electrons. The molecule has 0 aliphatic carbocycles. The lowest BCUT2D eigenvalue weighted by Gasteiger charge is -2.03. The lowest BCUT2D eigenvalue weighted by atomic mass is 10.2. The molecule has 0 atom stereocenters. The highest BCUT2D eigenvalue weighted by Gasteiger charge is 2.14. The summed E-state index contributed by atoms with van der Waals surface area (Å²) in [6.07, 6.45) is 2.20. The molecule has 7 nitrogen and oxygen atoms in total. The Morgan fingerprint density at radius 3 is 2.92 bits per heavy atom. The summed E-state index contributed by atoms with van der Waals surface area (Å²) in [5.74, 6) is 1.43. The Kier molecular flexibility index (Phi) is 4.26. The molecule has 4 rings (SSSR count). The number of carbonyl (C=O) groups is 1. The van der Waals surface area contributed by atoms with Crippen LogP contribution >= 0.6 is 11.3 Å². The van der Waals surface area contributed by atoms with E-state index in [9.17, 15) is 4.79 Å². The monoisotopic (exact) mass is 368 g/mol. The van der Waals surface area contributed by atoms with Crippen LogP contribution in [-0.2, 0) is 11.2 Å². The zero-order valence-electron chi connectivity index (χ0n) is 14.3. The van der Waals surface area contributed by atoms with Gasteiger partial charge in [-0.1, -0.05) is 0 Å². The third-order valence-electron chi connectivity index (χ3n) is 3.90. The number of rotatable bonds is 5. The third-order valence-corrected chi connectivity index (χ3v) is 4.83. The number of fused-ring (bicyclic) bond motifs is 1. The Bertz CT molecular complexity index is 1080. The SMILES string of the molecule is Cc1nc2ccc(NC(=O)CCc3nnc(-c4ccoc4C)o3)cc2s1. The number of furan rings is 1. The summed E-state index contributed by atoms with van der Waals surface area (Å²) in [7, 11) is 0. The standard InChI is InChI=1S/C18H16N4O3S/c1-10-13(7-8-24-10)18-22-21-17(25-18)6-5-16(23)20-12-3-4-14-15(9-12)26-11(2)19-14/h3-4,7-9H,5-6H2,1-2H3,(H,20,23). The highest BCUT2D eigenvalue weighted by molar-refractivity contribution is 7.18. The van der Waals surface area contributed by atoms with Gasteiger partial charge in [-0.05, 0) is 38.1 Å². The quantitative estimate of drug-likeness (QED) is 0.569. The van der Waals surface area contributed by atoms with Crippen molar-refractivity contribution in [2.45, 2.75) is 26.7 Å². The van der Waals surface area contributed by atoms with Crippen LogP contribution in [0, 0.1) is 13.8 Å². The van der Waals surface area contributed by atoms with Crippen LogP contribution in [0.25, 0.3) is 21.7 Å². The fraction of sp³-hybridized carbons (Fsp3) is 0.222. The van der Waals surface area contributed by atoms with Gasteiger partial charge >= 0.3 is 0 Å². The first-order chi connectivity index (χ1) is 12.6. The number of hydrogen-bond donors (Lipinski definition) is 1. The summed E-state index contributed by atoms with van der Waals surface area (Å²) in [6, 6.07) is 7.47. The topological polar surface area (TPSA) is 94.1 Å². The fourth-order valence-corrected chi connectivity index (χ4v) is 3.50. The molecule has 1 aromatic carbocycles. The van der Waals surface area contributed by atoms with E-state index in [0.717, 1.165) is 26.5 Å². The fourth-order valence-electron chi connectivity index (χ4n) is 2.63. The number of nitrogens with one attached hydrogen (secondary N) is 1. The van der Waals surface area contributed by atoms with E-state index in [1.54, 1.807) is 23.7 Å². The summed E-state index contributed by atoms with van der Waals surface area (Å²) in [4.78, 5) is 16.6. The predicted octanol–water partition coefficient (Wildman–Crippen LogP) is 4.13. The van der Waals surface area contributed by atoms with Crippen molar-refractivity contribution in [1.82, 2.24) is 15.2 Å². The molecule has 1 amide bonds. The molecule has 26 heavy (non-hydrogen) atoms. The molecule has 0 aliphatic rings. The minimum absolute atomic E-state index is 0.107. The van der Waals surface area contributed by atoms with Gasteiger partial charge in [0.25, 0.3) is 5.89 Å². The van der Waals surface area contributed by atoms with E-state index in [2.05, 4.69) is 20.5 Å². The highest BCUT2D eigenvalue weighted by atomic mass is 32.1. The first-order valence-electron chi connectivity index (χ1n) is 8.12. The molecule has 0 bridgehead atoms. The van der Waals surface area contributed by atoms with Crippen LogP contribution < -0.4 is 5.32 Å². The Morgan fingerprint density at radius 2 is 2.12 bits per heavy atom. The second kappa shape index (κ2) is 6.72. The van der Waals surface area contributed by atoms with Crippen LogP contribution in [0.5, 0.6) is 0 Å². The summed E-state index contributed by atoms with van der Waals surface area (Å²) >= 11 is 1.60. The van der Waals surface area contributed by atoms with Crippen molar-refractivity contribution in [2.75, 3.05) is 5.32 Å². The smallest absolute Gasteiger partial charge is 0.251 e. The number of benzene rings is 1. The number of aryl methyl sites for hydroxylation is 3. The van der Waals surface area contributed by atoms with Gasteiger partial charge in [0.2, 0.25) is 11.8 Å². The molecule has 0 spiro atoms. The van der Waals surface area contributed by atoms with E-state index in [4.69, 9.17) is 8.83 Å². The number of anilines is 1. The van der Waals surface area contributed by atoms with Gasteiger partial charge in [-0.15, -0.1) is 21.5 Å². The van der Waals surface area contributed by atoms with Crippen molar-refractivity contribution in [3.63, 3.8) is 0 Å². The molecule has 0 unspecified atom stereocenters. The van der Waals surface area contributed by atoms with E-state index in [-0.39, 0.29) is 12.3 Å². The van der Waals surface area contributed by atoms with E-state index >= 15 is 0 Å². The van der Waals surface area contributed by atoms with E-state index in [1.165, 1.54) is 0 Å². The van der Waals surface area contributed by atoms with Crippen LogP contribution in [0.4, 0.5) is 5.69 Å². The van der Waals surface area contributed by atoms with Crippen molar-refractivity contribution in [2.24, 2.45) is 0 Å². The summed E-state index contributed by atoms with van der Waals surface area (Å²) < 4.78 is 11.9. The third kappa shape index (κ3) is 3.36. The Labute approximate surface area is 153 Å². The molecular weight excluding hydrogens is 352 g/mol. The molecule has 3 aromatic heterocycles. The number of thiazole rings is 1. The van der Waals surface area contributed by atoms with Crippen LogP contribution in [-0.4, -0.2) is 21.1 Å². The maximum Gasteiger partial charge on any atom is 0.251 e. The van der Waals surface area contributed by atoms with Crippen molar-refractivity contribution in [1.29, 1.82) is 0 Å². The Hall–Kier alpha value is -3.00. The largest absolute Gasteiger partial charge is 0.469 e. The van der Waals surface area contributed by atoms with Gasteiger partial charge in [0, 0.05) is 18.5 Å². The van der Waals surface area contributed by atoms with E-state index in [1.807, 2.05) is 32.0 Å². The van der Waals surface area contributed by atoms with Gasteiger partial charge in [-0.3, -0.25) is 4.79 Å². The molecule has 0 saturated heterocycles. The number of amides is 1. The average Bonchev–Trinajstić information content (AvgIpc) is 3.31. The molecule has 1 N–H and O–H groups in total. The lowest BCUT2D eigenvalue weighted by molar-refractivity contribution is -0.116. The second-order valence-corrected chi connectivity index (χ2v) is 7.09. The summed E-state index contributed by atoms with van der Waals surface area (Å²) in [6.45, 7) is 3.79. The minimum Gasteiger partial charge on any atom is -0.469 e. The Morgan fingerprint density at radius 1 is 1.23 bits per heavy atom. The molecule has 0 fully saturated rings. The zero-order chi connectivity index (χ0) is 18.1. The van der Waals surface area contributed by atoms with Gasteiger partial charge in [0.15, 0.2) is 0 Å². The van der Waals surface area contributed by atoms with Gasteiger partial charge in [0.05, 0.1) is 27.1 Å². The maximum absolute atomic E-state index is 12.2. The van der Waals surface area contributed by atoms with Crippen LogP contribution in [0.2, 0.25) is 0 Å². The molecule has 0 aliphatic heterocycles. The lowest BCUT2D eigenvalue weighted by Crippen LogP contribution is -2.12. The molecule has 0 saturated carbocycles. The normalized spacial score (nSPS) is 11.2. The van der Waals surface area contributed by atoms with E-state index < -0.39 is 0 Å². The van der Waals surface area contributed by atoms with Gasteiger partial charge in [-0.25, -0.2) is 4.98 Å².